The van der Waals surface area contributed by atoms with Crippen LogP contribution in [-0.2, 0) is 14.3 Å². The Balaban J connectivity index is 1.58. The molecule has 6 heteroatoms. The highest BCUT2D eigenvalue weighted by atomic mass is 16.5. The molecule has 2 amide bonds. The zero-order valence-corrected chi connectivity index (χ0v) is 13.3. The van der Waals surface area contributed by atoms with Gasteiger partial charge in [0.25, 0.3) is 5.91 Å². The third kappa shape index (κ3) is 3.64. The lowest BCUT2D eigenvalue weighted by Crippen LogP contribution is -2.55. The Kier molecular flexibility index (Phi) is 4.81. The van der Waals surface area contributed by atoms with Crippen LogP contribution in [0.25, 0.3) is 0 Å². The van der Waals surface area contributed by atoms with E-state index in [1.807, 2.05) is 30.3 Å². The Labute approximate surface area is 136 Å². The van der Waals surface area contributed by atoms with E-state index in [1.54, 1.807) is 16.8 Å². The van der Waals surface area contributed by atoms with Crippen molar-refractivity contribution in [2.45, 2.75) is 12.5 Å². The van der Waals surface area contributed by atoms with Gasteiger partial charge in [-0.2, -0.15) is 0 Å². The van der Waals surface area contributed by atoms with Crippen LogP contribution in [0.1, 0.15) is 6.42 Å². The van der Waals surface area contributed by atoms with Crippen LogP contribution in [0.15, 0.2) is 30.3 Å². The summed E-state index contributed by atoms with van der Waals surface area (Å²) in [5.74, 6) is 0.919. The number of hydrogen-bond acceptors (Lipinski definition) is 4. The van der Waals surface area contributed by atoms with E-state index in [0.29, 0.717) is 31.4 Å². The first kappa shape index (κ1) is 15.8. The molecule has 2 saturated heterocycles. The second-order valence-corrected chi connectivity index (χ2v) is 6.08. The van der Waals surface area contributed by atoms with Crippen molar-refractivity contribution in [2.75, 3.05) is 40.0 Å². The van der Waals surface area contributed by atoms with Gasteiger partial charge in [-0.3, -0.25) is 9.59 Å². The zero-order valence-electron chi connectivity index (χ0n) is 13.3. The Morgan fingerprint density at radius 1 is 1.35 bits per heavy atom. The number of benzene rings is 1. The predicted octanol–water partition coefficient (Wildman–Crippen LogP) is 0.771. The second-order valence-electron chi connectivity index (χ2n) is 6.08. The summed E-state index contributed by atoms with van der Waals surface area (Å²) in [6.07, 6.45) is 0.847. The third-order valence-electron chi connectivity index (χ3n) is 4.63. The summed E-state index contributed by atoms with van der Waals surface area (Å²) in [7, 11) is 1.79. The van der Waals surface area contributed by atoms with Crippen LogP contribution < -0.4 is 4.74 Å². The maximum atomic E-state index is 12.4. The first-order valence-corrected chi connectivity index (χ1v) is 7.94. The van der Waals surface area contributed by atoms with Crippen LogP contribution >= 0.6 is 0 Å². The Bertz CT molecular complexity index is 563. The van der Waals surface area contributed by atoms with Crippen molar-refractivity contribution in [2.24, 2.45) is 5.92 Å². The van der Waals surface area contributed by atoms with Crippen molar-refractivity contribution in [1.82, 2.24) is 9.80 Å². The van der Waals surface area contributed by atoms with E-state index in [0.717, 1.165) is 6.42 Å². The summed E-state index contributed by atoms with van der Waals surface area (Å²) >= 11 is 0. The van der Waals surface area contributed by atoms with Crippen LogP contribution in [-0.4, -0.2) is 67.6 Å². The smallest absolute Gasteiger partial charge is 0.260 e. The molecule has 0 aliphatic carbocycles. The number of carbonyl (C=O) groups is 2. The molecule has 0 radical (unpaired) electrons. The van der Waals surface area contributed by atoms with Gasteiger partial charge in [-0.15, -0.1) is 0 Å². The highest BCUT2D eigenvalue weighted by Crippen LogP contribution is 2.24. The maximum absolute atomic E-state index is 12.4. The molecule has 0 N–H and O–H groups in total. The van der Waals surface area contributed by atoms with Crippen LogP contribution in [0, 0.1) is 5.92 Å². The topological polar surface area (TPSA) is 59.1 Å². The van der Waals surface area contributed by atoms with E-state index in [4.69, 9.17) is 9.47 Å². The number of likely N-dealkylation sites (N-methyl/N-ethyl adjacent to an activating group) is 1. The quantitative estimate of drug-likeness (QED) is 0.826. The molecule has 0 unspecified atom stereocenters. The van der Waals surface area contributed by atoms with Gasteiger partial charge in [-0.25, -0.2) is 0 Å². The normalized spacial score (nSPS) is 24.8. The Morgan fingerprint density at radius 3 is 2.91 bits per heavy atom. The lowest BCUT2D eigenvalue weighted by Gasteiger charge is -2.40. The molecule has 0 aromatic heterocycles. The number of rotatable bonds is 3. The van der Waals surface area contributed by atoms with Gasteiger partial charge in [0.1, 0.15) is 12.4 Å². The Hall–Kier alpha value is -2.08. The maximum Gasteiger partial charge on any atom is 0.260 e. The van der Waals surface area contributed by atoms with Crippen molar-refractivity contribution >= 4 is 11.8 Å². The molecular weight excluding hydrogens is 296 g/mol. The highest BCUT2D eigenvalue weighted by molar-refractivity contribution is 5.79. The highest BCUT2D eigenvalue weighted by Gasteiger charge is 2.37. The van der Waals surface area contributed by atoms with Crippen LogP contribution in [0.3, 0.4) is 0 Å². The van der Waals surface area contributed by atoms with E-state index in [2.05, 4.69) is 0 Å². The lowest BCUT2D eigenvalue weighted by atomic mass is 9.91. The third-order valence-corrected chi connectivity index (χ3v) is 4.63. The number of ether oxygens (including phenoxy) is 2. The fourth-order valence-electron chi connectivity index (χ4n) is 3.18. The van der Waals surface area contributed by atoms with Crippen molar-refractivity contribution in [3.63, 3.8) is 0 Å². The number of likely N-dealkylation sites (tertiary alicyclic amines) is 1. The zero-order chi connectivity index (χ0) is 16.2. The van der Waals surface area contributed by atoms with Crippen molar-refractivity contribution < 1.29 is 19.1 Å². The average molecular weight is 318 g/mol. The molecule has 2 fully saturated rings. The first-order valence-electron chi connectivity index (χ1n) is 7.94. The predicted molar refractivity (Wildman–Crippen MR) is 84.0 cm³/mol. The summed E-state index contributed by atoms with van der Waals surface area (Å²) in [6.45, 7) is 1.98. The van der Waals surface area contributed by atoms with E-state index in [1.165, 1.54) is 0 Å². The van der Waals surface area contributed by atoms with Crippen LogP contribution in [0.4, 0.5) is 0 Å². The minimum Gasteiger partial charge on any atom is -0.484 e. The van der Waals surface area contributed by atoms with Gasteiger partial charge in [0.05, 0.1) is 12.6 Å². The van der Waals surface area contributed by atoms with E-state index >= 15 is 0 Å². The molecule has 0 saturated carbocycles. The number of piperidine rings is 1. The summed E-state index contributed by atoms with van der Waals surface area (Å²) in [6, 6.07) is 9.33. The van der Waals surface area contributed by atoms with Crippen LogP contribution in [0.2, 0.25) is 0 Å². The first-order chi connectivity index (χ1) is 11.1. The summed E-state index contributed by atoms with van der Waals surface area (Å²) in [5, 5.41) is 0. The molecule has 3 rings (SSSR count). The number of nitrogens with zero attached hydrogens (tertiary/aromatic N) is 2. The largest absolute Gasteiger partial charge is 0.484 e. The van der Waals surface area contributed by atoms with E-state index in [-0.39, 0.29) is 31.1 Å². The summed E-state index contributed by atoms with van der Waals surface area (Å²) in [5.41, 5.74) is 0. The van der Waals surface area contributed by atoms with Gasteiger partial charge in [0, 0.05) is 26.1 Å². The van der Waals surface area contributed by atoms with Gasteiger partial charge < -0.3 is 19.3 Å². The molecule has 0 bridgehead atoms. The van der Waals surface area contributed by atoms with E-state index in [9.17, 15) is 9.59 Å². The molecule has 6 nitrogen and oxygen atoms in total. The molecule has 0 spiro atoms. The monoisotopic (exact) mass is 318 g/mol. The fourth-order valence-corrected chi connectivity index (χ4v) is 3.18. The fraction of sp³-hybridized carbons (Fsp3) is 0.529. The van der Waals surface area contributed by atoms with Crippen LogP contribution in [0.5, 0.6) is 5.75 Å². The standard InChI is InChI=1S/C17H22N2O4/c1-18-15-9-19(8-7-13(15)10-22-11-16(18)20)17(21)12-23-14-5-3-2-4-6-14/h2-6,13,15H,7-12H2,1H3/t13-,15-/m0/s1. The average Bonchev–Trinajstić information content (AvgIpc) is 2.73. The molecule has 124 valence electrons. The van der Waals surface area contributed by atoms with Gasteiger partial charge >= 0.3 is 0 Å². The molecule has 1 aromatic rings. The van der Waals surface area contributed by atoms with E-state index < -0.39 is 0 Å². The molecule has 2 heterocycles. The Morgan fingerprint density at radius 2 is 2.13 bits per heavy atom. The van der Waals surface area contributed by atoms with Gasteiger partial charge in [0.15, 0.2) is 6.61 Å². The number of amides is 2. The summed E-state index contributed by atoms with van der Waals surface area (Å²) in [4.78, 5) is 27.8. The number of fused-ring (bicyclic) bond motifs is 1. The molecule has 2 aliphatic rings. The minimum absolute atomic E-state index is 0.0210. The van der Waals surface area contributed by atoms with Gasteiger partial charge in [-0.1, -0.05) is 18.2 Å². The second kappa shape index (κ2) is 7.00. The molecule has 2 atom stereocenters. The number of hydrogen-bond donors (Lipinski definition) is 0. The molecule has 23 heavy (non-hydrogen) atoms. The molecule has 1 aromatic carbocycles. The number of carbonyl (C=O) groups excluding carboxylic acids is 2. The molecular formula is C17H22N2O4. The van der Waals surface area contributed by atoms with Crippen molar-refractivity contribution in [3.05, 3.63) is 30.3 Å². The number of para-hydroxylation sites is 1. The van der Waals surface area contributed by atoms with Gasteiger partial charge in [-0.05, 0) is 18.6 Å². The van der Waals surface area contributed by atoms with Gasteiger partial charge in [0.2, 0.25) is 5.91 Å². The minimum atomic E-state index is -0.0432. The van der Waals surface area contributed by atoms with Crippen molar-refractivity contribution in [3.8, 4) is 5.75 Å². The SMILES string of the molecule is CN1C(=O)COC[C@@H]2CCN(C(=O)COc3ccccc3)C[C@@H]21. The van der Waals surface area contributed by atoms with Crippen molar-refractivity contribution in [1.29, 1.82) is 0 Å². The summed E-state index contributed by atoms with van der Waals surface area (Å²) < 4.78 is 11.0. The molecule has 2 aliphatic heterocycles. The lowest BCUT2D eigenvalue weighted by molar-refractivity contribution is -0.140.